The fourth-order valence-corrected chi connectivity index (χ4v) is 8.34. The van der Waals surface area contributed by atoms with Crippen molar-refractivity contribution in [2.45, 2.75) is 90.2 Å². The second-order valence-corrected chi connectivity index (χ2v) is 10.7. The Hall–Kier alpha value is -0.570. The highest BCUT2D eigenvalue weighted by Gasteiger charge is 2.63. The molecule has 1 saturated heterocycles. The molecule has 0 N–H and O–H groups in total. The van der Waals surface area contributed by atoms with Gasteiger partial charge in [-0.3, -0.25) is 4.79 Å². The first kappa shape index (κ1) is 15.7. The summed E-state index contributed by atoms with van der Waals surface area (Å²) in [6.45, 7) is 6.53. The summed E-state index contributed by atoms with van der Waals surface area (Å²) in [5.41, 5.74) is 0.798. The van der Waals surface area contributed by atoms with Crippen LogP contribution in [0.4, 0.5) is 0 Å². The Morgan fingerprint density at radius 3 is 2.42 bits per heavy atom. The van der Waals surface area contributed by atoms with Crippen LogP contribution in [0.5, 0.6) is 0 Å². The van der Waals surface area contributed by atoms with Crippen LogP contribution >= 0.6 is 0 Å². The quantitative estimate of drug-likeness (QED) is 0.722. The van der Waals surface area contributed by atoms with Gasteiger partial charge in [0.05, 0.1) is 24.2 Å². The minimum atomic E-state index is -0.0394. The van der Waals surface area contributed by atoms with Crippen LogP contribution in [-0.2, 0) is 9.53 Å². The summed E-state index contributed by atoms with van der Waals surface area (Å²) in [5.74, 6) is 1.31. The number of carbonyl (C=O) groups excluding carboxylic acids is 1. The van der Waals surface area contributed by atoms with E-state index in [1.165, 1.54) is 38.5 Å². The molecule has 0 spiro atoms. The minimum absolute atomic E-state index is 0.0394. The van der Waals surface area contributed by atoms with Gasteiger partial charge in [0.15, 0.2) is 0 Å². The summed E-state index contributed by atoms with van der Waals surface area (Å²) in [6, 6.07) is 0.369. The maximum Gasteiger partial charge on any atom is 0.229 e. The lowest BCUT2D eigenvalue weighted by Gasteiger charge is -2.65. The standard InChI is InChI=1S/C21H33NO2/c1-19-9-15-10-20(2,12-19)14-21(11-15,13-19)18(23)22-7-8-24-17-6-4-3-5-16(17)22/h15-17H,3-14H2,1-2H3. The number of nitrogens with zero attached hydrogens (tertiary/aromatic N) is 1. The van der Waals surface area contributed by atoms with E-state index in [2.05, 4.69) is 18.7 Å². The minimum Gasteiger partial charge on any atom is -0.374 e. The average molecular weight is 332 g/mol. The van der Waals surface area contributed by atoms with Crippen molar-refractivity contribution in [3.63, 3.8) is 0 Å². The Morgan fingerprint density at radius 2 is 1.71 bits per heavy atom. The highest BCUT2D eigenvalue weighted by Crippen LogP contribution is 2.70. The van der Waals surface area contributed by atoms with E-state index in [1.807, 2.05) is 0 Å². The third-order valence-corrected chi connectivity index (χ3v) is 8.07. The zero-order chi connectivity index (χ0) is 16.6. The van der Waals surface area contributed by atoms with Crippen molar-refractivity contribution >= 4 is 5.91 Å². The van der Waals surface area contributed by atoms with Crippen LogP contribution in [0.25, 0.3) is 0 Å². The van der Waals surface area contributed by atoms with Gasteiger partial charge in [-0.15, -0.1) is 0 Å². The number of ether oxygens (including phenoxy) is 1. The van der Waals surface area contributed by atoms with Crippen molar-refractivity contribution in [2.24, 2.45) is 22.2 Å². The number of amides is 1. The molecule has 0 aromatic rings. The lowest BCUT2D eigenvalue weighted by atomic mass is 9.40. The first-order valence-corrected chi connectivity index (χ1v) is 10.3. The maximum absolute atomic E-state index is 13.9. The number of carbonyl (C=O) groups is 1. The zero-order valence-electron chi connectivity index (χ0n) is 15.5. The molecule has 5 saturated carbocycles. The van der Waals surface area contributed by atoms with Gasteiger partial charge in [0.25, 0.3) is 0 Å². The molecule has 6 rings (SSSR count). The van der Waals surface area contributed by atoms with E-state index in [-0.39, 0.29) is 5.41 Å². The summed E-state index contributed by atoms with van der Waals surface area (Å²) in [4.78, 5) is 16.2. The summed E-state index contributed by atoms with van der Waals surface area (Å²) in [6.07, 6.45) is 12.7. The highest BCUT2D eigenvalue weighted by molar-refractivity contribution is 5.84. The predicted octanol–water partition coefficient (Wildman–Crippen LogP) is 4.15. The van der Waals surface area contributed by atoms with Gasteiger partial charge in [0.1, 0.15) is 0 Å². The van der Waals surface area contributed by atoms with Gasteiger partial charge in [-0.25, -0.2) is 0 Å². The molecule has 3 heteroatoms. The third kappa shape index (κ3) is 2.22. The Balaban J connectivity index is 1.46. The molecule has 24 heavy (non-hydrogen) atoms. The van der Waals surface area contributed by atoms with Gasteiger partial charge < -0.3 is 9.64 Å². The molecular formula is C21H33NO2. The van der Waals surface area contributed by atoms with Gasteiger partial charge in [-0.2, -0.15) is 0 Å². The topological polar surface area (TPSA) is 29.5 Å². The molecule has 4 atom stereocenters. The molecular weight excluding hydrogens is 298 g/mol. The van der Waals surface area contributed by atoms with Gasteiger partial charge in [0, 0.05) is 6.54 Å². The average Bonchev–Trinajstić information content (AvgIpc) is 2.50. The first-order chi connectivity index (χ1) is 11.4. The number of hydrogen-bond acceptors (Lipinski definition) is 2. The van der Waals surface area contributed by atoms with Crippen molar-refractivity contribution in [1.29, 1.82) is 0 Å². The third-order valence-electron chi connectivity index (χ3n) is 8.07. The molecule has 0 aromatic heterocycles. The van der Waals surface area contributed by atoms with E-state index >= 15 is 0 Å². The van der Waals surface area contributed by atoms with Crippen molar-refractivity contribution < 1.29 is 9.53 Å². The highest BCUT2D eigenvalue weighted by atomic mass is 16.5. The smallest absolute Gasteiger partial charge is 0.229 e. The van der Waals surface area contributed by atoms with E-state index in [0.29, 0.717) is 28.9 Å². The summed E-state index contributed by atoms with van der Waals surface area (Å²) in [5, 5.41) is 0. The van der Waals surface area contributed by atoms with E-state index < -0.39 is 0 Å². The predicted molar refractivity (Wildman–Crippen MR) is 93.5 cm³/mol. The second-order valence-electron chi connectivity index (χ2n) is 10.7. The van der Waals surface area contributed by atoms with Gasteiger partial charge in [0.2, 0.25) is 5.91 Å². The second kappa shape index (κ2) is 4.99. The molecule has 4 bridgehead atoms. The Bertz CT molecular complexity index is 538. The lowest BCUT2D eigenvalue weighted by molar-refractivity contribution is -0.190. The molecule has 1 aliphatic heterocycles. The molecule has 6 aliphatic rings. The van der Waals surface area contributed by atoms with Crippen LogP contribution in [-0.4, -0.2) is 36.1 Å². The van der Waals surface area contributed by atoms with Crippen molar-refractivity contribution in [2.75, 3.05) is 13.2 Å². The van der Waals surface area contributed by atoms with E-state index in [4.69, 9.17) is 4.74 Å². The number of fused-ring (bicyclic) bond motifs is 1. The van der Waals surface area contributed by atoms with Crippen molar-refractivity contribution in [1.82, 2.24) is 4.90 Å². The van der Waals surface area contributed by atoms with Crippen LogP contribution in [0, 0.1) is 22.2 Å². The van der Waals surface area contributed by atoms with Crippen molar-refractivity contribution in [3.8, 4) is 0 Å². The summed E-state index contributed by atoms with van der Waals surface area (Å²) in [7, 11) is 0. The van der Waals surface area contributed by atoms with E-state index in [0.717, 1.165) is 44.8 Å². The number of hydrogen-bond donors (Lipinski definition) is 0. The molecule has 0 radical (unpaired) electrons. The van der Waals surface area contributed by atoms with Crippen LogP contribution in [0.15, 0.2) is 0 Å². The summed E-state index contributed by atoms with van der Waals surface area (Å²) < 4.78 is 6.03. The van der Waals surface area contributed by atoms with Crippen LogP contribution in [0.3, 0.4) is 0 Å². The molecule has 6 fully saturated rings. The van der Waals surface area contributed by atoms with Crippen molar-refractivity contribution in [3.05, 3.63) is 0 Å². The molecule has 5 aliphatic carbocycles. The first-order valence-electron chi connectivity index (χ1n) is 10.3. The van der Waals surface area contributed by atoms with Crippen LogP contribution in [0.2, 0.25) is 0 Å². The van der Waals surface area contributed by atoms with E-state index in [1.54, 1.807) is 0 Å². The molecule has 3 nitrogen and oxygen atoms in total. The van der Waals surface area contributed by atoms with Gasteiger partial charge in [-0.05, 0) is 68.1 Å². The fourth-order valence-electron chi connectivity index (χ4n) is 8.34. The molecule has 4 unspecified atom stereocenters. The molecule has 1 amide bonds. The Labute approximate surface area is 146 Å². The number of rotatable bonds is 1. The maximum atomic E-state index is 13.9. The van der Waals surface area contributed by atoms with Gasteiger partial charge >= 0.3 is 0 Å². The molecule has 0 aromatic carbocycles. The Morgan fingerprint density at radius 1 is 1.00 bits per heavy atom. The van der Waals surface area contributed by atoms with Gasteiger partial charge in [-0.1, -0.05) is 26.7 Å². The number of morpholine rings is 1. The molecule has 134 valence electrons. The van der Waals surface area contributed by atoms with Crippen LogP contribution < -0.4 is 0 Å². The zero-order valence-corrected chi connectivity index (χ0v) is 15.5. The normalized spacial score (nSPS) is 53.1. The lowest BCUT2D eigenvalue weighted by Crippen LogP contribution is -2.64. The largest absolute Gasteiger partial charge is 0.374 e. The van der Waals surface area contributed by atoms with Crippen LogP contribution in [0.1, 0.15) is 78.1 Å². The fraction of sp³-hybridized carbons (Fsp3) is 0.952. The Kier molecular flexibility index (Phi) is 3.26. The molecule has 1 heterocycles. The van der Waals surface area contributed by atoms with E-state index in [9.17, 15) is 4.79 Å². The SMILES string of the molecule is CC12CC3CC(C)(C1)CC(C(=O)N1CCOC4CCCCC41)(C3)C2. The monoisotopic (exact) mass is 331 g/mol. The summed E-state index contributed by atoms with van der Waals surface area (Å²) >= 11 is 0.